The van der Waals surface area contributed by atoms with Crippen LogP contribution in [0.2, 0.25) is 5.02 Å². The van der Waals surface area contributed by atoms with Crippen molar-refractivity contribution in [2.75, 3.05) is 5.75 Å². The molecule has 24 heavy (non-hydrogen) atoms. The summed E-state index contributed by atoms with van der Waals surface area (Å²) in [5, 5.41) is 11.9. The van der Waals surface area contributed by atoms with E-state index in [1.54, 1.807) is 12.1 Å². The molecule has 0 saturated heterocycles. The Kier molecular flexibility index (Phi) is 7.59. The zero-order chi connectivity index (χ0) is 17.4. The van der Waals surface area contributed by atoms with E-state index >= 15 is 0 Å². The van der Waals surface area contributed by atoms with E-state index in [0.29, 0.717) is 16.1 Å². The second kappa shape index (κ2) is 9.69. The van der Waals surface area contributed by atoms with Crippen molar-refractivity contribution in [2.24, 2.45) is 0 Å². The average molecular weight is 368 g/mol. The zero-order valence-electron chi connectivity index (χ0n) is 13.9. The van der Waals surface area contributed by atoms with Crippen LogP contribution in [0.25, 0.3) is 11.5 Å². The highest BCUT2D eigenvalue weighted by atomic mass is 35.5. The third-order valence-corrected chi connectivity index (χ3v) is 4.51. The molecular formula is C17H22ClN3O2S. The Labute approximate surface area is 151 Å². The average Bonchev–Trinajstić information content (AvgIpc) is 3.02. The van der Waals surface area contributed by atoms with Gasteiger partial charge in [-0.15, -0.1) is 10.2 Å². The van der Waals surface area contributed by atoms with Gasteiger partial charge in [0.25, 0.3) is 5.22 Å². The van der Waals surface area contributed by atoms with E-state index in [0.717, 1.165) is 18.4 Å². The van der Waals surface area contributed by atoms with Gasteiger partial charge >= 0.3 is 0 Å². The SMILES string of the molecule is CCCCCC(C)NC(=O)CSc1nnc(-c2cccc(Cl)c2)o1. The maximum Gasteiger partial charge on any atom is 0.277 e. The van der Waals surface area contributed by atoms with Crippen molar-refractivity contribution in [1.82, 2.24) is 15.5 Å². The molecule has 0 spiro atoms. The van der Waals surface area contributed by atoms with Crippen molar-refractivity contribution in [1.29, 1.82) is 0 Å². The Morgan fingerprint density at radius 3 is 2.96 bits per heavy atom. The van der Waals surface area contributed by atoms with Gasteiger partial charge in [0.05, 0.1) is 5.75 Å². The molecule has 2 rings (SSSR count). The number of nitrogens with one attached hydrogen (secondary N) is 1. The molecule has 0 bridgehead atoms. The zero-order valence-corrected chi connectivity index (χ0v) is 15.5. The van der Waals surface area contributed by atoms with Gasteiger partial charge < -0.3 is 9.73 Å². The summed E-state index contributed by atoms with van der Waals surface area (Å²) in [5.41, 5.74) is 0.760. The molecule has 1 heterocycles. The molecule has 0 aliphatic carbocycles. The summed E-state index contributed by atoms with van der Waals surface area (Å²) < 4.78 is 5.56. The molecule has 1 atom stereocenters. The lowest BCUT2D eigenvalue weighted by molar-refractivity contribution is -0.119. The van der Waals surface area contributed by atoms with Gasteiger partial charge in [-0.1, -0.05) is 55.6 Å². The summed E-state index contributed by atoms with van der Waals surface area (Å²) >= 11 is 7.18. The molecule has 7 heteroatoms. The van der Waals surface area contributed by atoms with Gasteiger partial charge in [0.15, 0.2) is 0 Å². The van der Waals surface area contributed by atoms with E-state index in [4.69, 9.17) is 16.0 Å². The van der Waals surface area contributed by atoms with Crippen LogP contribution >= 0.6 is 23.4 Å². The molecular weight excluding hydrogens is 346 g/mol. The van der Waals surface area contributed by atoms with Crippen LogP contribution in [0, 0.1) is 0 Å². The normalized spacial score (nSPS) is 12.1. The van der Waals surface area contributed by atoms with E-state index in [9.17, 15) is 4.79 Å². The lowest BCUT2D eigenvalue weighted by Gasteiger charge is -2.12. The van der Waals surface area contributed by atoms with Crippen molar-refractivity contribution in [3.05, 3.63) is 29.3 Å². The van der Waals surface area contributed by atoms with Crippen LogP contribution < -0.4 is 5.32 Å². The van der Waals surface area contributed by atoms with Crippen LogP contribution in [0.5, 0.6) is 0 Å². The summed E-state index contributed by atoms with van der Waals surface area (Å²) in [4.78, 5) is 11.9. The maximum atomic E-state index is 11.9. The van der Waals surface area contributed by atoms with Crippen LogP contribution in [0.1, 0.15) is 39.5 Å². The molecule has 1 unspecified atom stereocenters. The van der Waals surface area contributed by atoms with E-state index in [2.05, 4.69) is 22.4 Å². The number of carbonyl (C=O) groups excluding carboxylic acids is 1. The number of thioether (sulfide) groups is 1. The molecule has 0 fully saturated rings. The molecule has 2 aromatic rings. The van der Waals surface area contributed by atoms with Crippen molar-refractivity contribution in [2.45, 2.75) is 50.8 Å². The monoisotopic (exact) mass is 367 g/mol. The van der Waals surface area contributed by atoms with Crippen LogP contribution in [0.15, 0.2) is 33.9 Å². The van der Waals surface area contributed by atoms with E-state index in [1.807, 2.05) is 19.1 Å². The first-order valence-corrected chi connectivity index (χ1v) is 9.46. The van der Waals surface area contributed by atoms with Gasteiger partial charge in [-0.2, -0.15) is 0 Å². The summed E-state index contributed by atoms with van der Waals surface area (Å²) in [6.07, 6.45) is 4.52. The molecule has 1 amide bonds. The molecule has 0 aliphatic heterocycles. The van der Waals surface area contributed by atoms with Crippen LogP contribution in [0.3, 0.4) is 0 Å². The van der Waals surface area contributed by atoms with Gasteiger partial charge in [0.2, 0.25) is 11.8 Å². The molecule has 5 nitrogen and oxygen atoms in total. The first-order valence-electron chi connectivity index (χ1n) is 8.10. The number of carbonyl (C=O) groups is 1. The number of aromatic nitrogens is 2. The number of halogens is 1. The molecule has 1 N–H and O–H groups in total. The minimum atomic E-state index is -0.0218. The van der Waals surface area contributed by atoms with Crippen molar-refractivity contribution < 1.29 is 9.21 Å². The number of hydrogen-bond acceptors (Lipinski definition) is 5. The topological polar surface area (TPSA) is 68.0 Å². The quantitative estimate of drug-likeness (QED) is 0.519. The third kappa shape index (κ3) is 6.17. The highest BCUT2D eigenvalue weighted by Crippen LogP contribution is 2.24. The number of rotatable bonds is 9. The van der Waals surface area contributed by atoms with Gasteiger partial charge in [-0.25, -0.2) is 0 Å². The van der Waals surface area contributed by atoms with Gasteiger partial charge in [0, 0.05) is 16.6 Å². The second-order valence-corrected chi connectivity index (χ2v) is 7.00. The number of hydrogen-bond donors (Lipinski definition) is 1. The number of unbranched alkanes of at least 4 members (excludes halogenated alkanes) is 2. The fourth-order valence-electron chi connectivity index (χ4n) is 2.22. The summed E-state index contributed by atoms with van der Waals surface area (Å²) in [6, 6.07) is 7.40. The molecule has 130 valence electrons. The maximum absolute atomic E-state index is 11.9. The van der Waals surface area contributed by atoms with Gasteiger partial charge in [-0.05, 0) is 31.5 Å². The third-order valence-electron chi connectivity index (χ3n) is 3.45. The molecule has 0 radical (unpaired) electrons. The van der Waals surface area contributed by atoms with Crippen LogP contribution in [-0.4, -0.2) is 27.9 Å². The minimum absolute atomic E-state index is 0.0218. The molecule has 0 aliphatic rings. The minimum Gasteiger partial charge on any atom is -0.411 e. The van der Waals surface area contributed by atoms with Crippen LogP contribution in [-0.2, 0) is 4.79 Å². The predicted octanol–water partition coefficient (Wildman–Crippen LogP) is 4.57. The van der Waals surface area contributed by atoms with Crippen molar-refractivity contribution >= 4 is 29.3 Å². The van der Waals surface area contributed by atoms with Gasteiger partial charge in [-0.3, -0.25) is 4.79 Å². The lowest BCUT2D eigenvalue weighted by Crippen LogP contribution is -2.33. The fraction of sp³-hybridized carbons (Fsp3) is 0.471. The summed E-state index contributed by atoms with van der Waals surface area (Å²) in [6.45, 7) is 4.20. The smallest absolute Gasteiger partial charge is 0.277 e. The standard InChI is InChI=1S/C17H22ClN3O2S/c1-3-4-5-7-12(2)19-15(22)11-24-17-21-20-16(23-17)13-8-6-9-14(18)10-13/h6,8-10,12H,3-5,7,11H2,1-2H3,(H,19,22). The van der Waals surface area contributed by atoms with E-state index < -0.39 is 0 Å². The first kappa shape index (κ1) is 18.8. The fourth-order valence-corrected chi connectivity index (χ4v) is 2.99. The summed E-state index contributed by atoms with van der Waals surface area (Å²) in [7, 11) is 0. The van der Waals surface area contributed by atoms with Crippen molar-refractivity contribution in [3.63, 3.8) is 0 Å². The first-order chi connectivity index (χ1) is 11.6. The lowest BCUT2D eigenvalue weighted by atomic mass is 10.1. The van der Waals surface area contributed by atoms with Gasteiger partial charge in [0.1, 0.15) is 0 Å². The predicted molar refractivity (Wildman–Crippen MR) is 97.2 cm³/mol. The second-order valence-electron chi connectivity index (χ2n) is 5.64. The Balaban J connectivity index is 1.79. The highest BCUT2D eigenvalue weighted by molar-refractivity contribution is 7.99. The van der Waals surface area contributed by atoms with Crippen molar-refractivity contribution in [3.8, 4) is 11.5 Å². The van der Waals surface area contributed by atoms with E-state index in [1.165, 1.54) is 24.6 Å². The Hall–Kier alpha value is -1.53. The Morgan fingerprint density at radius 2 is 2.21 bits per heavy atom. The van der Waals surface area contributed by atoms with E-state index in [-0.39, 0.29) is 17.7 Å². The Morgan fingerprint density at radius 1 is 1.38 bits per heavy atom. The summed E-state index contributed by atoms with van der Waals surface area (Å²) in [5.74, 6) is 0.634. The highest BCUT2D eigenvalue weighted by Gasteiger charge is 2.12. The number of amides is 1. The molecule has 1 aromatic carbocycles. The Bertz CT molecular complexity index is 663. The molecule has 0 saturated carbocycles. The largest absolute Gasteiger partial charge is 0.411 e. The number of nitrogens with zero attached hydrogens (tertiary/aromatic N) is 2. The van der Waals surface area contributed by atoms with Crippen LogP contribution in [0.4, 0.5) is 0 Å². The number of benzene rings is 1. The molecule has 1 aromatic heterocycles.